The van der Waals surface area contributed by atoms with Gasteiger partial charge in [0.1, 0.15) is 5.52 Å². The van der Waals surface area contributed by atoms with Crippen LogP contribution in [0.4, 0.5) is 5.69 Å². The molecule has 0 radical (unpaired) electrons. The SMILES string of the molecule is COc1cccc(C=Nc2ccc3oc(-c4cccc(Cl)c4)nc3c2)c1O. The van der Waals surface area contributed by atoms with Crippen molar-refractivity contribution in [1.29, 1.82) is 0 Å². The number of phenols is 1. The summed E-state index contributed by atoms with van der Waals surface area (Å²) in [5.74, 6) is 0.950. The number of ether oxygens (including phenoxy) is 1. The number of halogens is 1. The number of phenolic OH excluding ortho intramolecular Hbond substituents is 1. The van der Waals surface area contributed by atoms with Gasteiger partial charge >= 0.3 is 0 Å². The van der Waals surface area contributed by atoms with Crippen molar-refractivity contribution in [1.82, 2.24) is 4.98 Å². The molecule has 5 nitrogen and oxygen atoms in total. The molecule has 0 bridgehead atoms. The van der Waals surface area contributed by atoms with Crippen LogP contribution in [0.2, 0.25) is 5.02 Å². The molecule has 1 heterocycles. The van der Waals surface area contributed by atoms with Crippen molar-refractivity contribution >= 4 is 34.6 Å². The monoisotopic (exact) mass is 378 g/mol. The van der Waals surface area contributed by atoms with Crippen LogP contribution in [0.3, 0.4) is 0 Å². The average molecular weight is 379 g/mol. The molecule has 4 rings (SSSR count). The Morgan fingerprint density at radius 3 is 2.78 bits per heavy atom. The largest absolute Gasteiger partial charge is 0.504 e. The van der Waals surface area contributed by atoms with Crippen molar-refractivity contribution in [2.45, 2.75) is 0 Å². The van der Waals surface area contributed by atoms with E-state index in [9.17, 15) is 5.11 Å². The minimum atomic E-state index is 0.0505. The van der Waals surface area contributed by atoms with Crippen LogP contribution in [-0.2, 0) is 0 Å². The van der Waals surface area contributed by atoms with E-state index in [1.54, 1.807) is 36.5 Å². The summed E-state index contributed by atoms with van der Waals surface area (Å²) < 4.78 is 10.9. The van der Waals surface area contributed by atoms with Gasteiger partial charge in [-0.05, 0) is 48.5 Å². The van der Waals surface area contributed by atoms with Crippen molar-refractivity contribution in [2.24, 2.45) is 4.99 Å². The molecule has 0 amide bonds. The lowest BCUT2D eigenvalue weighted by molar-refractivity contribution is 0.373. The summed E-state index contributed by atoms with van der Waals surface area (Å²) in [5.41, 5.74) is 3.41. The van der Waals surface area contributed by atoms with Crippen molar-refractivity contribution in [3.05, 3.63) is 71.2 Å². The van der Waals surface area contributed by atoms with Gasteiger partial charge in [0.2, 0.25) is 5.89 Å². The molecule has 0 spiro atoms. The van der Waals surface area contributed by atoms with Gasteiger partial charge < -0.3 is 14.3 Å². The average Bonchev–Trinajstić information content (AvgIpc) is 3.10. The van der Waals surface area contributed by atoms with Crippen LogP contribution in [-0.4, -0.2) is 23.4 Å². The second-order valence-electron chi connectivity index (χ2n) is 5.84. The number of fused-ring (bicyclic) bond motifs is 1. The second-order valence-corrected chi connectivity index (χ2v) is 6.27. The van der Waals surface area contributed by atoms with Crippen LogP contribution in [0.25, 0.3) is 22.6 Å². The van der Waals surface area contributed by atoms with Gasteiger partial charge in [0.25, 0.3) is 0 Å². The minimum absolute atomic E-state index is 0.0505. The predicted molar refractivity (Wildman–Crippen MR) is 106 cm³/mol. The topological polar surface area (TPSA) is 67.9 Å². The first-order chi connectivity index (χ1) is 13.1. The Bertz CT molecular complexity index is 1150. The number of hydrogen-bond acceptors (Lipinski definition) is 5. The van der Waals surface area contributed by atoms with Crippen LogP contribution in [0, 0.1) is 0 Å². The van der Waals surface area contributed by atoms with Gasteiger partial charge in [-0.3, -0.25) is 4.99 Å². The van der Waals surface area contributed by atoms with Gasteiger partial charge in [-0.25, -0.2) is 4.98 Å². The lowest BCUT2D eigenvalue weighted by atomic mass is 10.2. The number of aliphatic imine (C=N–C) groups is 1. The van der Waals surface area contributed by atoms with Crippen molar-refractivity contribution < 1.29 is 14.3 Å². The first kappa shape index (κ1) is 17.1. The summed E-state index contributed by atoms with van der Waals surface area (Å²) in [6.07, 6.45) is 1.58. The molecular formula is C21H15ClN2O3. The number of hydrogen-bond donors (Lipinski definition) is 1. The predicted octanol–water partition coefficient (Wildman–Crippen LogP) is 5.61. The smallest absolute Gasteiger partial charge is 0.227 e. The summed E-state index contributed by atoms with van der Waals surface area (Å²) >= 11 is 6.03. The molecule has 0 aliphatic carbocycles. The summed E-state index contributed by atoms with van der Waals surface area (Å²) in [7, 11) is 1.51. The summed E-state index contributed by atoms with van der Waals surface area (Å²) in [4.78, 5) is 8.93. The molecule has 27 heavy (non-hydrogen) atoms. The molecule has 0 atom stereocenters. The van der Waals surface area contributed by atoms with Crippen molar-refractivity contribution in [3.63, 3.8) is 0 Å². The Hall–Kier alpha value is -3.31. The fraction of sp³-hybridized carbons (Fsp3) is 0.0476. The zero-order chi connectivity index (χ0) is 18.8. The summed E-state index contributed by atoms with van der Waals surface area (Å²) in [6, 6.07) is 18.0. The zero-order valence-corrected chi connectivity index (χ0v) is 15.1. The van der Waals surface area contributed by atoms with E-state index < -0.39 is 0 Å². The highest BCUT2D eigenvalue weighted by molar-refractivity contribution is 6.30. The Labute approximate surface area is 160 Å². The number of oxazole rings is 1. The van der Waals surface area contributed by atoms with Crippen molar-refractivity contribution in [3.8, 4) is 23.0 Å². The standard InChI is InChI=1S/C21H15ClN2O3/c1-26-19-7-3-5-14(20(19)25)12-23-16-8-9-18-17(11-16)24-21(27-18)13-4-2-6-15(22)10-13/h2-12,25H,1H3. The number of methoxy groups -OCH3 is 1. The van der Waals surface area contributed by atoms with E-state index >= 15 is 0 Å². The van der Waals surface area contributed by atoms with Crippen LogP contribution in [0.15, 0.2) is 70.1 Å². The molecule has 0 fully saturated rings. The molecule has 4 aromatic rings. The molecular weight excluding hydrogens is 364 g/mol. The first-order valence-electron chi connectivity index (χ1n) is 8.20. The van der Waals surface area contributed by atoms with Crippen LogP contribution < -0.4 is 4.74 Å². The Kier molecular flexibility index (Phi) is 4.52. The zero-order valence-electron chi connectivity index (χ0n) is 14.4. The van der Waals surface area contributed by atoms with Crippen LogP contribution in [0.1, 0.15) is 5.56 Å². The maximum Gasteiger partial charge on any atom is 0.227 e. The first-order valence-corrected chi connectivity index (χ1v) is 8.58. The molecule has 3 aromatic carbocycles. The lowest BCUT2D eigenvalue weighted by Crippen LogP contribution is -1.88. The van der Waals surface area contributed by atoms with Gasteiger partial charge in [0.05, 0.1) is 12.8 Å². The molecule has 0 saturated carbocycles. The van der Waals surface area contributed by atoms with Crippen LogP contribution in [0.5, 0.6) is 11.5 Å². The Morgan fingerprint density at radius 2 is 1.96 bits per heavy atom. The highest BCUT2D eigenvalue weighted by atomic mass is 35.5. The maximum absolute atomic E-state index is 10.1. The summed E-state index contributed by atoms with van der Waals surface area (Å²) in [5, 5.41) is 10.8. The maximum atomic E-state index is 10.1. The minimum Gasteiger partial charge on any atom is -0.504 e. The van der Waals surface area contributed by atoms with E-state index in [0.717, 1.165) is 5.56 Å². The van der Waals surface area contributed by atoms with Gasteiger partial charge in [0, 0.05) is 22.4 Å². The molecule has 0 unspecified atom stereocenters. The third kappa shape index (κ3) is 3.50. The molecule has 1 aromatic heterocycles. The third-order valence-electron chi connectivity index (χ3n) is 4.05. The molecule has 0 aliphatic rings. The lowest BCUT2D eigenvalue weighted by Gasteiger charge is -2.04. The Morgan fingerprint density at radius 1 is 1.11 bits per heavy atom. The number of aromatic nitrogens is 1. The third-order valence-corrected chi connectivity index (χ3v) is 4.28. The van der Waals surface area contributed by atoms with E-state index in [1.165, 1.54) is 7.11 Å². The number of benzene rings is 3. The van der Waals surface area contributed by atoms with Crippen molar-refractivity contribution in [2.75, 3.05) is 7.11 Å². The number of para-hydroxylation sites is 1. The number of aromatic hydroxyl groups is 1. The highest BCUT2D eigenvalue weighted by Gasteiger charge is 2.09. The van der Waals surface area contributed by atoms with E-state index in [2.05, 4.69) is 9.98 Å². The molecule has 6 heteroatoms. The van der Waals surface area contributed by atoms with Gasteiger partial charge in [-0.15, -0.1) is 0 Å². The van der Waals surface area contributed by atoms with Crippen LogP contribution >= 0.6 is 11.6 Å². The van der Waals surface area contributed by atoms with Gasteiger partial charge in [0.15, 0.2) is 17.1 Å². The fourth-order valence-corrected chi connectivity index (χ4v) is 2.88. The van der Waals surface area contributed by atoms with E-state index in [1.807, 2.05) is 30.3 Å². The molecule has 134 valence electrons. The normalized spacial score (nSPS) is 11.3. The molecule has 0 aliphatic heterocycles. The summed E-state index contributed by atoms with van der Waals surface area (Å²) in [6.45, 7) is 0. The van der Waals surface area contributed by atoms with E-state index in [-0.39, 0.29) is 5.75 Å². The molecule has 1 N–H and O–H groups in total. The van der Waals surface area contributed by atoms with E-state index in [0.29, 0.717) is 39.0 Å². The number of nitrogens with zero attached hydrogens (tertiary/aromatic N) is 2. The number of rotatable bonds is 4. The van der Waals surface area contributed by atoms with Gasteiger partial charge in [-0.2, -0.15) is 0 Å². The fourth-order valence-electron chi connectivity index (χ4n) is 2.69. The highest BCUT2D eigenvalue weighted by Crippen LogP contribution is 2.30. The van der Waals surface area contributed by atoms with E-state index in [4.69, 9.17) is 20.8 Å². The Balaban J connectivity index is 1.66. The second kappa shape index (κ2) is 7.13. The van der Waals surface area contributed by atoms with Gasteiger partial charge in [-0.1, -0.05) is 23.7 Å². The quantitative estimate of drug-likeness (QED) is 0.468. The molecule has 0 saturated heterocycles.